The summed E-state index contributed by atoms with van der Waals surface area (Å²) in [5, 5.41) is 12.2. The summed E-state index contributed by atoms with van der Waals surface area (Å²) in [6, 6.07) is 12.9. The molecule has 3 rings (SSSR count). The van der Waals surface area contributed by atoms with E-state index >= 15 is 0 Å². The van der Waals surface area contributed by atoms with Gasteiger partial charge < -0.3 is 15.8 Å². The maximum Gasteiger partial charge on any atom is 0.306 e. The van der Waals surface area contributed by atoms with Gasteiger partial charge >= 0.3 is 5.97 Å². The maximum absolute atomic E-state index is 12.6. The third-order valence-corrected chi connectivity index (χ3v) is 7.31. The Labute approximate surface area is 222 Å². The summed E-state index contributed by atoms with van der Waals surface area (Å²) in [5.41, 5.74) is 12.2. The Morgan fingerprint density at radius 1 is 1.11 bits per heavy atom. The molecular weight excluding hydrogens is 462 g/mol. The zero-order valence-corrected chi connectivity index (χ0v) is 23.1. The SMILES string of the molecule is CCOC(=O)CC(c1ccc(CCNC)cc1)c1ccc2c(nnn2CCCCCC(C)CCN)c1C. The molecule has 202 valence electrons. The van der Waals surface area contributed by atoms with Gasteiger partial charge in [0.05, 0.1) is 18.5 Å². The van der Waals surface area contributed by atoms with Crippen LogP contribution in [-0.2, 0) is 22.5 Å². The summed E-state index contributed by atoms with van der Waals surface area (Å²) in [6.07, 6.45) is 7.09. The number of nitrogens with two attached hydrogens (primary N) is 1. The number of aryl methyl sites for hydroxylation is 2. The van der Waals surface area contributed by atoms with Crippen LogP contribution in [-0.4, -0.2) is 47.7 Å². The van der Waals surface area contributed by atoms with Crippen LogP contribution in [0.25, 0.3) is 11.0 Å². The average Bonchev–Trinajstić information content (AvgIpc) is 3.31. The highest BCUT2D eigenvalue weighted by atomic mass is 16.5. The van der Waals surface area contributed by atoms with Gasteiger partial charge in [-0.2, -0.15) is 0 Å². The Kier molecular flexibility index (Phi) is 11.5. The molecule has 0 saturated heterocycles. The van der Waals surface area contributed by atoms with Gasteiger partial charge in [-0.1, -0.05) is 61.7 Å². The fourth-order valence-electron chi connectivity index (χ4n) is 5.07. The first-order valence-corrected chi connectivity index (χ1v) is 13.9. The smallest absolute Gasteiger partial charge is 0.306 e. The molecular formula is C30H45N5O2. The van der Waals surface area contributed by atoms with E-state index in [9.17, 15) is 4.79 Å². The number of rotatable bonds is 16. The lowest BCUT2D eigenvalue weighted by Crippen LogP contribution is -2.13. The molecule has 0 amide bonds. The van der Waals surface area contributed by atoms with E-state index in [0.29, 0.717) is 18.9 Å². The van der Waals surface area contributed by atoms with Crippen LogP contribution in [0, 0.1) is 12.8 Å². The zero-order valence-electron chi connectivity index (χ0n) is 23.1. The minimum absolute atomic E-state index is 0.0949. The first-order valence-electron chi connectivity index (χ1n) is 13.9. The molecule has 7 heteroatoms. The number of likely N-dealkylation sites (N-methyl/N-ethyl adjacent to an activating group) is 1. The Bertz CT molecular complexity index is 1110. The van der Waals surface area contributed by atoms with Crippen LogP contribution in [0.3, 0.4) is 0 Å². The summed E-state index contributed by atoms with van der Waals surface area (Å²) in [7, 11) is 1.96. The minimum atomic E-state index is -0.185. The van der Waals surface area contributed by atoms with E-state index in [-0.39, 0.29) is 11.9 Å². The van der Waals surface area contributed by atoms with Gasteiger partial charge in [-0.3, -0.25) is 4.79 Å². The van der Waals surface area contributed by atoms with Crippen LogP contribution >= 0.6 is 0 Å². The van der Waals surface area contributed by atoms with Crippen LogP contribution in [0.4, 0.5) is 0 Å². The van der Waals surface area contributed by atoms with Gasteiger partial charge in [-0.25, -0.2) is 4.68 Å². The largest absolute Gasteiger partial charge is 0.466 e. The molecule has 2 unspecified atom stereocenters. The predicted molar refractivity (Wildman–Crippen MR) is 151 cm³/mol. The topological polar surface area (TPSA) is 95.1 Å². The van der Waals surface area contributed by atoms with Gasteiger partial charge in [0.15, 0.2) is 0 Å². The Morgan fingerprint density at radius 2 is 1.89 bits per heavy atom. The van der Waals surface area contributed by atoms with Crippen LogP contribution < -0.4 is 11.1 Å². The maximum atomic E-state index is 12.6. The number of carbonyl (C=O) groups excluding carboxylic acids is 1. The molecule has 2 aromatic carbocycles. The number of nitrogens with zero attached hydrogens (tertiary/aromatic N) is 3. The van der Waals surface area contributed by atoms with Crippen molar-refractivity contribution >= 4 is 17.0 Å². The van der Waals surface area contributed by atoms with Crippen molar-refractivity contribution < 1.29 is 9.53 Å². The monoisotopic (exact) mass is 507 g/mol. The molecule has 1 heterocycles. The molecule has 37 heavy (non-hydrogen) atoms. The molecule has 0 radical (unpaired) electrons. The highest BCUT2D eigenvalue weighted by Gasteiger charge is 2.23. The van der Waals surface area contributed by atoms with E-state index in [0.717, 1.165) is 66.6 Å². The molecule has 7 nitrogen and oxygen atoms in total. The third kappa shape index (κ3) is 8.11. The van der Waals surface area contributed by atoms with Crippen molar-refractivity contribution in [3.63, 3.8) is 0 Å². The molecule has 2 atom stereocenters. The third-order valence-electron chi connectivity index (χ3n) is 7.31. The van der Waals surface area contributed by atoms with Crippen molar-refractivity contribution in [3.05, 3.63) is 58.7 Å². The first-order chi connectivity index (χ1) is 18.0. The van der Waals surface area contributed by atoms with Crippen molar-refractivity contribution in [2.45, 2.75) is 78.2 Å². The molecule has 0 spiro atoms. The Morgan fingerprint density at radius 3 is 2.59 bits per heavy atom. The van der Waals surface area contributed by atoms with Gasteiger partial charge in [0.1, 0.15) is 5.52 Å². The van der Waals surface area contributed by atoms with E-state index in [1.54, 1.807) is 0 Å². The molecule has 0 fully saturated rings. The Balaban J connectivity index is 1.78. The van der Waals surface area contributed by atoms with Crippen LogP contribution in [0.15, 0.2) is 36.4 Å². The van der Waals surface area contributed by atoms with Crippen LogP contribution in [0.2, 0.25) is 0 Å². The van der Waals surface area contributed by atoms with Gasteiger partial charge in [0.25, 0.3) is 0 Å². The fourth-order valence-corrected chi connectivity index (χ4v) is 5.07. The number of hydrogen-bond donors (Lipinski definition) is 2. The molecule has 0 saturated carbocycles. The molecule has 0 bridgehead atoms. The first kappa shape index (κ1) is 28.8. The number of carbonyl (C=O) groups is 1. The van der Waals surface area contributed by atoms with E-state index < -0.39 is 0 Å². The number of unbranched alkanes of at least 4 members (excludes halogenated alkanes) is 2. The normalized spacial score (nSPS) is 13.1. The van der Waals surface area contributed by atoms with Crippen LogP contribution in [0.1, 0.15) is 80.5 Å². The van der Waals surface area contributed by atoms with Crippen molar-refractivity contribution in [1.82, 2.24) is 20.3 Å². The second kappa shape index (κ2) is 14.8. The van der Waals surface area contributed by atoms with Gasteiger partial charge in [-0.15, -0.1) is 5.10 Å². The summed E-state index contributed by atoms with van der Waals surface area (Å²) in [4.78, 5) is 12.6. The zero-order chi connectivity index (χ0) is 26.6. The van der Waals surface area contributed by atoms with E-state index in [1.165, 1.54) is 24.8 Å². The predicted octanol–water partition coefficient (Wildman–Crippen LogP) is 5.13. The molecule has 3 N–H and O–H groups in total. The van der Waals surface area contributed by atoms with Gasteiger partial charge in [0, 0.05) is 12.5 Å². The number of ether oxygens (including phenoxy) is 1. The molecule has 0 aliphatic rings. The lowest BCUT2D eigenvalue weighted by Gasteiger charge is -2.20. The number of benzene rings is 2. The molecule has 1 aromatic heterocycles. The second-order valence-electron chi connectivity index (χ2n) is 10.1. The highest BCUT2D eigenvalue weighted by molar-refractivity contribution is 5.80. The molecule has 0 aliphatic heterocycles. The minimum Gasteiger partial charge on any atom is -0.466 e. The summed E-state index contributed by atoms with van der Waals surface area (Å²) in [6.45, 7) is 9.18. The fraction of sp³-hybridized carbons (Fsp3) is 0.567. The van der Waals surface area contributed by atoms with Crippen molar-refractivity contribution in [1.29, 1.82) is 0 Å². The van der Waals surface area contributed by atoms with Crippen LogP contribution in [0.5, 0.6) is 0 Å². The standard InChI is InChI=1S/C30H45N5O2/c1-5-37-29(36)21-27(25-12-10-24(11-13-25)17-19-32-4)26-14-15-28-30(23(26)3)33-34-35(28)20-8-6-7-9-22(2)16-18-31/h10-15,22,27,32H,5-9,16-21,31H2,1-4H3. The summed E-state index contributed by atoms with van der Waals surface area (Å²) in [5.74, 6) is 0.420. The lowest BCUT2D eigenvalue weighted by atomic mass is 9.85. The number of aromatic nitrogens is 3. The molecule has 3 aromatic rings. The van der Waals surface area contributed by atoms with Crippen molar-refractivity contribution in [2.24, 2.45) is 11.7 Å². The Hall–Kier alpha value is -2.77. The number of nitrogens with one attached hydrogen (secondary N) is 1. The van der Waals surface area contributed by atoms with E-state index in [2.05, 4.69) is 65.9 Å². The van der Waals surface area contributed by atoms with Crippen molar-refractivity contribution in [3.8, 4) is 0 Å². The number of hydrogen-bond acceptors (Lipinski definition) is 6. The summed E-state index contributed by atoms with van der Waals surface area (Å²) >= 11 is 0. The molecule has 0 aliphatic carbocycles. The van der Waals surface area contributed by atoms with E-state index in [4.69, 9.17) is 10.5 Å². The van der Waals surface area contributed by atoms with Gasteiger partial charge in [0.2, 0.25) is 0 Å². The van der Waals surface area contributed by atoms with Crippen molar-refractivity contribution in [2.75, 3.05) is 26.7 Å². The highest BCUT2D eigenvalue weighted by Crippen LogP contribution is 2.34. The quantitative estimate of drug-likeness (QED) is 0.206. The van der Waals surface area contributed by atoms with Gasteiger partial charge in [-0.05, 0) is 87.5 Å². The lowest BCUT2D eigenvalue weighted by molar-refractivity contribution is -0.143. The number of fused-ring (bicyclic) bond motifs is 1. The summed E-state index contributed by atoms with van der Waals surface area (Å²) < 4.78 is 7.35. The van der Waals surface area contributed by atoms with E-state index in [1.807, 2.05) is 18.7 Å². The second-order valence-corrected chi connectivity index (χ2v) is 10.1. The average molecular weight is 508 g/mol. The number of esters is 1.